The summed E-state index contributed by atoms with van der Waals surface area (Å²) in [6.07, 6.45) is 0. The van der Waals surface area contributed by atoms with E-state index in [4.69, 9.17) is 11.6 Å². The number of anilines is 1. The van der Waals surface area contributed by atoms with Crippen LogP contribution in [0.5, 0.6) is 0 Å². The monoisotopic (exact) mass is 493 g/mol. The number of carbonyl (C=O) groups is 2. The van der Waals surface area contributed by atoms with Crippen LogP contribution >= 0.6 is 23.4 Å². The highest BCUT2D eigenvalue weighted by atomic mass is 35.5. The van der Waals surface area contributed by atoms with Gasteiger partial charge in [0.05, 0.1) is 22.4 Å². The molecular formula is C25H24ClN5O2S. The van der Waals surface area contributed by atoms with E-state index in [1.165, 1.54) is 11.8 Å². The first kappa shape index (κ1) is 23.8. The van der Waals surface area contributed by atoms with E-state index in [0.717, 1.165) is 16.5 Å². The molecule has 0 aliphatic rings. The summed E-state index contributed by atoms with van der Waals surface area (Å²) in [4.78, 5) is 25.3. The molecule has 1 aromatic heterocycles. The van der Waals surface area contributed by atoms with Gasteiger partial charge >= 0.3 is 0 Å². The molecule has 9 heteroatoms. The summed E-state index contributed by atoms with van der Waals surface area (Å²) in [5.74, 6) is 0.378. The number of benzene rings is 3. The number of thioether (sulfide) groups is 1. The normalized spacial score (nSPS) is 11.9. The predicted octanol–water partition coefficient (Wildman–Crippen LogP) is 5.33. The third-order valence-electron chi connectivity index (χ3n) is 5.31. The van der Waals surface area contributed by atoms with Gasteiger partial charge in [-0.15, -0.1) is 10.2 Å². The van der Waals surface area contributed by atoms with Crippen molar-refractivity contribution in [2.24, 2.45) is 0 Å². The largest absolute Gasteiger partial charge is 0.342 e. The molecule has 4 rings (SSSR count). The third-order valence-corrected chi connectivity index (χ3v) is 6.61. The van der Waals surface area contributed by atoms with Crippen LogP contribution in [0.15, 0.2) is 71.9 Å². The van der Waals surface area contributed by atoms with E-state index in [-0.39, 0.29) is 17.6 Å². The van der Waals surface area contributed by atoms with E-state index < -0.39 is 6.04 Å². The average molecular weight is 494 g/mol. The molecule has 0 unspecified atom stereocenters. The van der Waals surface area contributed by atoms with Gasteiger partial charge in [0.1, 0.15) is 0 Å². The van der Waals surface area contributed by atoms with Crippen LogP contribution in [-0.2, 0) is 11.3 Å². The molecule has 3 aromatic carbocycles. The molecule has 2 amide bonds. The van der Waals surface area contributed by atoms with Crippen LogP contribution in [0.2, 0.25) is 5.02 Å². The van der Waals surface area contributed by atoms with Gasteiger partial charge in [0, 0.05) is 17.6 Å². The standard InChI is InChI=1S/C25H24ClN5O2S/c1-3-31-23(16(2)27-24(33)19-12-6-7-13-20(19)26)29-30-25(31)34-15-22(32)28-21-14-8-10-17-9-4-5-11-18(17)21/h4-14,16H,3,15H2,1-2H3,(H,27,33)(H,28,32)/t16-/m1/s1. The molecule has 0 bridgehead atoms. The lowest BCUT2D eigenvalue weighted by atomic mass is 10.1. The van der Waals surface area contributed by atoms with Gasteiger partial charge in [-0.1, -0.05) is 71.9 Å². The summed E-state index contributed by atoms with van der Waals surface area (Å²) in [6, 6.07) is 20.2. The van der Waals surface area contributed by atoms with Crippen LogP contribution in [0.4, 0.5) is 5.69 Å². The summed E-state index contributed by atoms with van der Waals surface area (Å²) in [5.41, 5.74) is 1.18. The minimum atomic E-state index is -0.393. The zero-order valence-electron chi connectivity index (χ0n) is 18.8. The Bertz CT molecular complexity index is 1330. The fourth-order valence-electron chi connectivity index (χ4n) is 3.66. The van der Waals surface area contributed by atoms with Crippen LogP contribution in [-0.4, -0.2) is 32.3 Å². The Hall–Kier alpha value is -3.36. The molecule has 1 heterocycles. The number of amides is 2. The van der Waals surface area contributed by atoms with Crippen molar-refractivity contribution in [1.82, 2.24) is 20.1 Å². The SMILES string of the molecule is CCn1c(SCC(=O)Nc2cccc3ccccc23)nnc1[C@@H](C)NC(=O)c1ccccc1Cl. The summed E-state index contributed by atoms with van der Waals surface area (Å²) < 4.78 is 1.90. The lowest BCUT2D eigenvalue weighted by Crippen LogP contribution is -2.29. The Balaban J connectivity index is 1.41. The number of carbonyl (C=O) groups excluding carboxylic acids is 2. The molecule has 0 aliphatic carbocycles. The van der Waals surface area contributed by atoms with Gasteiger partial charge in [0.2, 0.25) is 5.91 Å². The molecule has 174 valence electrons. The van der Waals surface area contributed by atoms with Gasteiger partial charge in [0.15, 0.2) is 11.0 Å². The molecule has 0 saturated heterocycles. The van der Waals surface area contributed by atoms with Gasteiger partial charge < -0.3 is 15.2 Å². The maximum Gasteiger partial charge on any atom is 0.253 e. The summed E-state index contributed by atoms with van der Waals surface area (Å²) in [6.45, 7) is 4.41. The van der Waals surface area contributed by atoms with Crippen molar-refractivity contribution >= 4 is 51.6 Å². The number of rotatable bonds is 8. The summed E-state index contributed by atoms with van der Waals surface area (Å²) >= 11 is 7.44. The maximum atomic E-state index is 12.6. The molecule has 0 saturated carbocycles. The average Bonchev–Trinajstić information content (AvgIpc) is 3.26. The Morgan fingerprint density at radius 1 is 1.03 bits per heavy atom. The van der Waals surface area contributed by atoms with E-state index in [0.29, 0.717) is 28.1 Å². The molecule has 0 fully saturated rings. The minimum absolute atomic E-state index is 0.131. The lowest BCUT2D eigenvalue weighted by Gasteiger charge is -2.15. The highest BCUT2D eigenvalue weighted by molar-refractivity contribution is 7.99. The Labute approximate surface area is 206 Å². The van der Waals surface area contributed by atoms with Crippen LogP contribution in [0.25, 0.3) is 10.8 Å². The summed E-state index contributed by atoms with van der Waals surface area (Å²) in [5, 5.41) is 17.5. The first-order chi connectivity index (χ1) is 16.5. The number of hydrogen-bond donors (Lipinski definition) is 2. The maximum absolute atomic E-state index is 12.6. The molecule has 2 N–H and O–H groups in total. The van der Waals surface area contributed by atoms with E-state index in [2.05, 4.69) is 20.8 Å². The number of fused-ring (bicyclic) bond motifs is 1. The topological polar surface area (TPSA) is 88.9 Å². The van der Waals surface area contributed by atoms with Crippen molar-refractivity contribution in [3.05, 3.63) is 83.1 Å². The molecule has 34 heavy (non-hydrogen) atoms. The zero-order chi connectivity index (χ0) is 24.1. The van der Waals surface area contributed by atoms with Gasteiger partial charge in [0.25, 0.3) is 5.91 Å². The molecule has 7 nitrogen and oxygen atoms in total. The number of aromatic nitrogens is 3. The number of halogens is 1. The Morgan fingerprint density at radius 2 is 1.76 bits per heavy atom. The molecule has 0 aliphatic heterocycles. The van der Waals surface area contributed by atoms with Gasteiger partial charge in [-0.3, -0.25) is 9.59 Å². The zero-order valence-corrected chi connectivity index (χ0v) is 20.4. The predicted molar refractivity (Wildman–Crippen MR) is 136 cm³/mol. The van der Waals surface area contributed by atoms with Crippen molar-refractivity contribution in [1.29, 1.82) is 0 Å². The van der Waals surface area contributed by atoms with Crippen LogP contribution < -0.4 is 10.6 Å². The van der Waals surface area contributed by atoms with E-state index in [9.17, 15) is 9.59 Å². The van der Waals surface area contributed by atoms with Crippen LogP contribution in [0.3, 0.4) is 0 Å². The first-order valence-corrected chi connectivity index (χ1v) is 12.2. The van der Waals surface area contributed by atoms with E-state index in [1.54, 1.807) is 24.3 Å². The molecule has 0 spiro atoms. The minimum Gasteiger partial charge on any atom is -0.342 e. The van der Waals surface area contributed by atoms with Crippen molar-refractivity contribution < 1.29 is 9.59 Å². The lowest BCUT2D eigenvalue weighted by molar-refractivity contribution is -0.113. The van der Waals surface area contributed by atoms with Gasteiger partial charge in [-0.05, 0) is 37.4 Å². The second-order valence-corrected chi connectivity index (χ2v) is 8.97. The molecular weight excluding hydrogens is 470 g/mol. The van der Waals surface area contributed by atoms with Gasteiger partial charge in [-0.25, -0.2) is 0 Å². The first-order valence-electron chi connectivity index (χ1n) is 10.9. The summed E-state index contributed by atoms with van der Waals surface area (Å²) in [7, 11) is 0. The highest BCUT2D eigenvalue weighted by Gasteiger charge is 2.21. The van der Waals surface area contributed by atoms with E-state index in [1.807, 2.05) is 60.9 Å². The van der Waals surface area contributed by atoms with Crippen molar-refractivity contribution in [2.45, 2.75) is 31.6 Å². The van der Waals surface area contributed by atoms with Gasteiger partial charge in [-0.2, -0.15) is 0 Å². The van der Waals surface area contributed by atoms with Crippen LogP contribution in [0, 0.1) is 0 Å². The second kappa shape index (κ2) is 10.7. The Morgan fingerprint density at radius 3 is 2.56 bits per heavy atom. The number of hydrogen-bond acceptors (Lipinski definition) is 5. The van der Waals surface area contributed by atoms with E-state index >= 15 is 0 Å². The molecule has 0 radical (unpaired) electrons. The highest BCUT2D eigenvalue weighted by Crippen LogP contribution is 2.25. The third kappa shape index (κ3) is 5.24. The molecule has 1 atom stereocenters. The van der Waals surface area contributed by atoms with Crippen molar-refractivity contribution in [2.75, 3.05) is 11.1 Å². The van der Waals surface area contributed by atoms with Crippen molar-refractivity contribution in [3.63, 3.8) is 0 Å². The quantitative estimate of drug-likeness (QED) is 0.324. The Kier molecular flexibility index (Phi) is 7.49. The fourth-order valence-corrected chi connectivity index (χ4v) is 4.69. The fraction of sp³-hybridized carbons (Fsp3) is 0.200. The van der Waals surface area contributed by atoms with Crippen molar-refractivity contribution in [3.8, 4) is 0 Å². The van der Waals surface area contributed by atoms with Crippen LogP contribution in [0.1, 0.15) is 36.1 Å². The smallest absolute Gasteiger partial charge is 0.253 e. The molecule has 4 aromatic rings. The number of nitrogens with one attached hydrogen (secondary N) is 2. The second-order valence-electron chi connectivity index (χ2n) is 7.62. The number of nitrogens with zero attached hydrogens (tertiary/aromatic N) is 3.